The summed E-state index contributed by atoms with van der Waals surface area (Å²) in [6.07, 6.45) is 1.65. The molecule has 1 amide bonds. The number of nitrogens with two attached hydrogens (primary N) is 1. The number of halogens is 1. The van der Waals surface area contributed by atoms with E-state index in [4.69, 9.17) is 5.73 Å². The monoisotopic (exact) mass is 279 g/mol. The Morgan fingerprint density at radius 2 is 1.85 bits per heavy atom. The first-order chi connectivity index (χ1) is 9.61. The molecule has 5 heteroatoms. The number of amides is 1. The average Bonchev–Trinajstić information content (AvgIpc) is 2.48. The van der Waals surface area contributed by atoms with Crippen LogP contribution in [-0.4, -0.2) is 43.0 Å². The lowest BCUT2D eigenvalue weighted by Crippen LogP contribution is -2.53. The fourth-order valence-electron chi connectivity index (χ4n) is 2.51. The summed E-state index contributed by atoms with van der Waals surface area (Å²) in [5.74, 6) is -0.182. The normalized spacial score (nSPS) is 17.1. The van der Waals surface area contributed by atoms with Gasteiger partial charge in [-0.15, -0.1) is 0 Å². The Morgan fingerprint density at radius 3 is 2.40 bits per heavy atom. The van der Waals surface area contributed by atoms with Gasteiger partial charge in [-0.3, -0.25) is 4.79 Å². The van der Waals surface area contributed by atoms with Gasteiger partial charge in [0.2, 0.25) is 5.91 Å². The van der Waals surface area contributed by atoms with Gasteiger partial charge in [0.1, 0.15) is 5.82 Å². The number of carbonyl (C=O) groups excluding carboxylic acids is 1. The van der Waals surface area contributed by atoms with Gasteiger partial charge in [-0.25, -0.2) is 4.39 Å². The summed E-state index contributed by atoms with van der Waals surface area (Å²) < 4.78 is 12.9. The topological polar surface area (TPSA) is 49.6 Å². The molecule has 1 aromatic carbocycles. The number of nitrogens with zero attached hydrogens (tertiary/aromatic N) is 2. The highest BCUT2D eigenvalue weighted by atomic mass is 19.1. The summed E-state index contributed by atoms with van der Waals surface area (Å²) in [6.45, 7) is 4.90. The fraction of sp³-hybridized carbons (Fsp3) is 0.533. The van der Waals surface area contributed by atoms with Crippen LogP contribution in [0.3, 0.4) is 0 Å². The molecule has 0 radical (unpaired) electrons. The van der Waals surface area contributed by atoms with Crippen molar-refractivity contribution in [3.8, 4) is 0 Å². The molecule has 1 atom stereocenters. The molecular weight excluding hydrogens is 257 g/mol. The zero-order valence-corrected chi connectivity index (χ0v) is 11.9. The van der Waals surface area contributed by atoms with Crippen LogP contribution in [0.5, 0.6) is 0 Å². The maximum absolute atomic E-state index is 12.9. The van der Waals surface area contributed by atoms with E-state index in [9.17, 15) is 9.18 Å². The van der Waals surface area contributed by atoms with Crippen LogP contribution in [0.1, 0.15) is 19.8 Å². The molecule has 4 nitrogen and oxygen atoms in total. The summed E-state index contributed by atoms with van der Waals surface area (Å²) in [6, 6.07) is 6.09. The lowest BCUT2D eigenvalue weighted by atomic mass is 10.1. The van der Waals surface area contributed by atoms with E-state index < -0.39 is 0 Å². The lowest BCUT2D eigenvalue weighted by molar-refractivity contribution is -0.133. The van der Waals surface area contributed by atoms with E-state index in [1.165, 1.54) is 12.1 Å². The van der Waals surface area contributed by atoms with Crippen LogP contribution in [-0.2, 0) is 4.79 Å². The minimum absolute atomic E-state index is 0.0469. The standard InChI is InChI=1S/C15H22FN3O/c1-2-3-14(17)15(20)19-10-8-18(9-11-19)13-6-4-12(16)5-7-13/h4-7,14H,2-3,8-11,17H2,1H3. The number of anilines is 1. The molecule has 20 heavy (non-hydrogen) atoms. The number of hydrogen-bond donors (Lipinski definition) is 1. The number of rotatable bonds is 4. The van der Waals surface area contributed by atoms with Crippen molar-refractivity contribution in [1.82, 2.24) is 4.90 Å². The second kappa shape index (κ2) is 6.70. The Hall–Kier alpha value is -1.62. The van der Waals surface area contributed by atoms with Crippen molar-refractivity contribution in [2.24, 2.45) is 5.73 Å². The number of benzene rings is 1. The van der Waals surface area contributed by atoms with E-state index >= 15 is 0 Å². The van der Waals surface area contributed by atoms with Crippen molar-refractivity contribution in [1.29, 1.82) is 0 Å². The summed E-state index contributed by atoms with van der Waals surface area (Å²) in [7, 11) is 0. The summed E-state index contributed by atoms with van der Waals surface area (Å²) in [4.78, 5) is 16.1. The number of carbonyl (C=O) groups is 1. The summed E-state index contributed by atoms with van der Waals surface area (Å²) in [5, 5.41) is 0. The zero-order valence-electron chi connectivity index (χ0n) is 11.9. The molecule has 2 rings (SSSR count). The minimum Gasteiger partial charge on any atom is -0.368 e. The van der Waals surface area contributed by atoms with Gasteiger partial charge in [0, 0.05) is 31.9 Å². The zero-order chi connectivity index (χ0) is 14.5. The molecule has 1 heterocycles. The van der Waals surface area contributed by atoms with Crippen LogP contribution >= 0.6 is 0 Å². The Bertz CT molecular complexity index is 441. The van der Waals surface area contributed by atoms with E-state index in [1.54, 1.807) is 12.1 Å². The average molecular weight is 279 g/mol. The van der Waals surface area contributed by atoms with Crippen LogP contribution < -0.4 is 10.6 Å². The molecule has 0 spiro atoms. The molecule has 0 aliphatic carbocycles. The third-order valence-electron chi connectivity index (χ3n) is 3.70. The largest absolute Gasteiger partial charge is 0.368 e. The van der Waals surface area contributed by atoms with Gasteiger partial charge in [0.15, 0.2) is 0 Å². The molecule has 2 N–H and O–H groups in total. The fourth-order valence-corrected chi connectivity index (χ4v) is 2.51. The highest BCUT2D eigenvalue weighted by Crippen LogP contribution is 2.17. The Labute approximate surface area is 119 Å². The highest BCUT2D eigenvalue weighted by Gasteiger charge is 2.24. The number of piperazine rings is 1. The molecule has 0 saturated carbocycles. The molecule has 1 fully saturated rings. The van der Waals surface area contributed by atoms with Crippen molar-refractivity contribution in [2.45, 2.75) is 25.8 Å². The van der Waals surface area contributed by atoms with Gasteiger partial charge < -0.3 is 15.5 Å². The summed E-state index contributed by atoms with van der Waals surface area (Å²) in [5.41, 5.74) is 6.87. The van der Waals surface area contributed by atoms with Crippen LogP contribution in [0.25, 0.3) is 0 Å². The van der Waals surface area contributed by atoms with Crippen molar-refractivity contribution < 1.29 is 9.18 Å². The first-order valence-corrected chi connectivity index (χ1v) is 7.16. The molecule has 0 aromatic heterocycles. The smallest absolute Gasteiger partial charge is 0.239 e. The van der Waals surface area contributed by atoms with E-state index in [-0.39, 0.29) is 17.8 Å². The van der Waals surface area contributed by atoms with Gasteiger partial charge in [0.25, 0.3) is 0 Å². The molecule has 1 aliphatic rings. The first kappa shape index (κ1) is 14.8. The third kappa shape index (κ3) is 3.48. The van der Waals surface area contributed by atoms with Crippen molar-refractivity contribution >= 4 is 11.6 Å². The quantitative estimate of drug-likeness (QED) is 0.911. The van der Waals surface area contributed by atoms with E-state index in [0.29, 0.717) is 13.1 Å². The highest BCUT2D eigenvalue weighted by molar-refractivity contribution is 5.81. The predicted molar refractivity (Wildman–Crippen MR) is 78.1 cm³/mol. The molecule has 1 unspecified atom stereocenters. The maximum atomic E-state index is 12.9. The van der Waals surface area contributed by atoms with Gasteiger partial charge >= 0.3 is 0 Å². The van der Waals surface area contributed by atoms with Gasteiger partial charge in [0.05, 0.1) is 6.04 Å². The Morgan fingerprint density at radius 1 is 1.25 bits per heavy atom. The van der Waals surface area contributed by atoms with Crippen molar-refractivity contribution in [2.75, 3.05) is 31.1 Å². The molecule has 1 saturated heterocycles. The summed E-state index contributed by atoms with van der Waals surface area (Å²) >= 11 is 0. The van der Waals surface area contributed by atoms with Crippen LogP contribution in [0.2, 0.25) is 0 Å². The Balaban J connectivity index is 1.89. The Kier molecular flexibility index (Phi) is 4.95. The second-order valence-corrected chi connectivity index (χ2v) is 5.18. The first-order valence-electron chi connectivity index (χ1n) is 7.16. The minimum atomic E-state index is -0.377. The van der Waals surface area contributed by atoms with Crippen molar-refractivity contribution in [3.63, 3.8) is 0 Å². The lowest BCUT2D eigenvalue weighted by Gasteiger charge is -2.37. The predicted octanol–water partition coefficient (Wildman–Crippen LogP) is 1.60. The molecule has 110 valence electrons. The molecular formula is C15H22FN3O. The van der Waals surface area contributed by atoms with Gasteiger partial charge in [-0.05, 0) is 30.7 Å². The second-order valence-electron chi connectivity index (χ2n) is 5.18. The van der Waals surface area contributed by atoms with E-state index in [2.05, 4.69) is 4.90 Å². The number of hydrogen-bond acceptors (Lipinski definition) is 3. The molecule has 1 aromatic rings. The molecule has 1 aliphatic heterocycles. The molecule has 0 bridgehead atoms. The van der Waals surface area contributed by atoms with Crippen LogP contribution in [0.4, 0.5) is 10.1 Å². The third-order valence-corrected chi connectivity index (χ3v) is 3.70. The van der Waals surface area contributed by atoms with E-state index in [0.717, 1.165) is 31.6 Å². The SMILES string of the molecule is CCCC(N)C(=O)N1CCN(c2ccc(F)cc2)CC1. The van der Waals surface area contributed by atoms with E-state index in [1.807, 2.05) is 11.8 Å². The van der Waals surface area contributed by atoms with Gasteiger partial charge in [-0.1, -0.05) is 13.3 Å². The maximum Gasteiger partial charge on any atom is 0.239 e. The van der Waals surface area contributed by atoms with Gasteiger partial charge in [-0.2, -0.15) is 0 Å². The van der Waals surface area contributed by atoms with Crippen LogP contribution in [0.15, 0.2) is 24.3 Å². The van der Waals surface area contributed by atoms with Crippen molar-refractivity contribution in [3.05, 3.63) is 30.1 Å². The van der Waals surface area contributed by atoms with Crippen LogP contribution in [0, 0.1) is 5.82 Å².